The standard InChI is InChI=1S/C16H20FNO5/c1-3-23-16(22)10(2)7-13(15(20)21)18-14(19)9-11-5-4-6-12(17)8-11/h4-6,8,10,13H,3,7,9H2,1-2H3,(H,18,19)(H,20,21)/t10-,13-/m0/s1. The number of ether oxygens (including phenoxy) is 1. The molecule has 1 aromatic carbocycles. The Balaban J connectivity index is 2.63. The lowest BCUT2D eigenvalue weighted by Crippen LogP contribution is -2.43. The molecule has 0 radical (unpaired) electrons. The molecule has 0 saturated heterocycles. The summed E-state index contributed by atoms with van der Waals surface area (Å²) in [4.78, 5) is 34.7. The fourth-order valence-electron chi connectivity index (χ4n) is 2.03. The van der Waals surface area contributed by atoms with Gasteiger partial charge in [0.25, 0.3) is 0 Å². The van der Waals surface area contributed by atoms with Crippen LogP contribution in [0.25, 0.3) is 0 Å². The molecular formula is C16H20FNO5. The van der Waals surface area contributed by atoms with E-state index < -0.39 is 35.6 Å². The van der Waals surface area contributed by atoms with Crippen molar-refractivity contribution >= 4 is 17.8 Å². The zero-order valence-corrected chi connectivity index (χ0v) is 13.0. The molecule has 7 heteroatoms. The van der Waals surface area contributed by atoms with E-state index in [9.17, 15) is 18.8 Å². The Morgan fingerprint density at radius 2 is 2.04 bits per heavy atom. The van der Waals surface area contributed by atoms with Gasteiger partial charge in [-0.25, -0.2) is 9.18 Å². The third kappa shape index (κ3) is 6.46. The first-order valence-corrected chi connectivity index (χ1v) is 7.26. The number of aliphatic carboxylic acids is 1. The smallest absolute Gasteiger partial charge is 0.326 e. The summed E-state index contributed by atoms with van der Waals surface area (Å²) in [5.41, 5.74) is 0.435. The number of hydrogen-bond acceptors (Lipinski definition) is 4. The molecule has 0 bridgehead atoms. The number of nitrogens with one attached hydrogen (secondary N) is 1. The molecule has 0 fully saturated rings. The van der Waals surface area contributed by atoms with Crippen LogP contribution in [0.4, 0.5) is 4.39 Å². The monoisotopic (exact) mass is 325 g/mol. The highest BCUT2D eigenvalue weighted by Gasteiger charge is 2.26. The van der Waals surface area contributed by atoms with E-state index in [1.165, 1.54) is 25.1 Å². The van der Waals surface area contributed by atoms with Gasteiger partial charge in [0.2, 0.25) is 5.91 Å². The van der Waals surface area contributed by atoms with Crippen molar-refractivity contribution in [2.75, 3.05) is 6.61 Å². The number of benzene rings is 1. The summed E-state index contributed by atoms with van der Waals surface area (Å²) >= 11 is 0. The summed E-state index contributed by atoms with van der Waals surface area (Å²) < 4.78 is 17.9. The molecule has 0 heterocycles. The van der Waals surface area contributed by atoms with Gasteiger partial charge in [0, 0.05) is 0 Å². The number of hydrogen-bond donors (Lipinski definition) is 2. The molecule has 0 saturated carbocycles. The fraction of sp³-hybridized carbons (Fsp3) is 0.438. The van der Waals surface area contributed by atoms with E-state index in [0.717, 1.165) is 0 Å². The average molecular weight is 325 g/mol. The molecule has 126 valence electrons. The normalized spacial score (nSPS) is 13.0. The summed E-state index contributed by atoms with van der Waals surface area (Å²) in [6.07, 6.45) is -0.224. The maximum Gasteiger partial charge on any atom is 0.326 e. The van der Waals surface area contributed by atoms with Crippen molar-refractivity contribution in [3.8, 4) is 0 Å². The predicted molar refractivity (Wildman–Crippen MR) is 80.1 cm³/mol. The summed E-state index contributed by atoms with van der Waals surface area (Å²) in [6.45, 7) is 3.39. The van der Waals surface area contributed by atoms with Crippen molar-refractivity contribution in [3.63, 3.8) is 0 Å². The molecule has 0 aromatic heterocycles. The van der Waals surface area contributed by atoms with Crippen molar-refractivity contribution in [3.05, 3.63) is 35.6 Å². The predicted octanol–water partition coefficient (Wildman–Crippen LogP) is 1.53. The van der Waals surface area contributed by atoms with Crippen LogP contribution in [0.15, 0.2) is 24.3 Å². The van der Waals surface area contributed by atoms with Crippen LogP contribution in [0.3, 0.4) is 0 Å². The zero-order chi connectivity index (χ0) is 17.4. The molecule has 0 aliphatic heterocycles. The van der Waals surface area contributed by atoms with Gasteiger partial charge in [0.1, 0.15) is 11.9 Å². The molecule has 0 aliphatic carbocycles. The molecule has 0 spiro atoms. The van der Waals surface area contributed by atoms with E-state index in [2.05, 4.69) is 5.32 Å². The van der Waals surface area contributed by atoms with Crippen LogP contribution in [0, 0.1) is 11.7 Å². The fourth-order valence-corrected chi connectivity index (χ4v) is 2.03. The summed E-state index contributed by atoms with van der Waals surface area (Å²) in [7, 11) is 0. The van der Waals surface area contributed by atoms with Crippen LogP contribution in [-0.2, 0) is 25.5 Å². The van der Waals surface area contributed by atoms with Crippen LogP contribution in [0.1, 0.15) is 25.8 Å². The Morgan fingerprint density at radius 1 is 1.35 bits per heavy atom. The topological polar surface area (TPSA) is 92.7 Å². The molecule has 2 N–H and O–H groups in total. The Bertz CT molecular complexity index is 575. The minimum Gasteiger partial charge on any atom is -0.480 e. The summed E-state index contributed by atoms with van der Waals surface area (Å²) in [5.74, 6) is -3.45. The van der Waals surface area contributed by atoms with Gasteiger partial charge >= 0.3 is 11.9 Å². The number of esters is 1. The Labute approximate surface area is 133 Å². The van der Waals surface area contributed by atoms with E-state index in [4.69, 9.17) is 9.84 Å². The van der Waals surface area contributed by atoms with E-state index in [1.54, 1.807) is 13.0 Å². The van der Waals surface area contributed by atoms with Crippen LogP contribution in [-0.4, -0.2) is 35.6 Å². The van der Waals surface area contributed by atoms with Crippen LogP contribution >= 0.6 is 0 Å². The maximum atomic E-state index is 13.1. The first-order valence-electron chi connectivity index (χ1n) is 7.26. The van der Waals surface area contributed by atoms with Crippen molar-refractivity contribution in [1.29, 1.82) is 0 Å². The van der Waals surface area contributed by atoms with Gasteiger partial charge in [-0.3, -0.25) is 9.59 Å². The van der Waals surface area contributed by atoms with Crippen molar-refractivity contribution < 1.29 is 28.6 Å². The van der Waals surface area contributed by atoms with Crippen molar-refractivity contribution in [2.24, 2.45) is 5.92 Å². The number of amides is 1. The third-order valence-electron chi connectivity index (χ3n) is 3.17. The van der Waals surface area contributed by atoms with E-state index in [-0.39, 0.29) is 19.4 Å². The molecule has 23 heavy (non-hydrogen) atoms. The quantitative estimate of drug-likeness (QED) is 0.707. The largest absolute Gasteiger partial charge is 0.480 e. The highest BCUT2D eigenvalue weighted by Crippen LogP contribution is 2.10. The second-order valence-electron chi connectivity index (χ2n) is 5.15. The lowest BCUT2D eigenvalue weighted by Gasteiger charge is -2.18. The molecule has 6 nitrogen and oxygen atoms in total. The third-order valence-corrected chi connectivity index (χ3v) is 3.17. The minimum absolute atomic E-state index is 0.0803. The number of carbonyl (C=O) groups is 3. The van der Waals surface area contributed by atoms with Gasteiger partial charge in [0.05, 0.1) is 18.9 Å². The van der Waals surface area contributed by atoms with E-state index >= 15 is 0 Å². The van der Waals surface area contributed by atoms with Crippen LogP contribution < -0.4 is 5.32 Å². The maximum absolute atomic E-state index is 13.1. The number of halogens is 1. The first kappa shape index (κ1) is 18.6. The second kappa shape index (κ2) is 8.87. The van der Waals surface area contributed by atoms with Crippen LogP contribution in [0.5, 0.6) is 0 Å². The van der Waals surface area contributed by atoms with Crippen molar-refractivity contribution in [2.45, 2.75) is 32.7 Å². The van der Waals surface area contributed by atoms with Gasteiger partial charge in [-0.2, -0.15) is 0 Å². The molecule has 0 aliphatic rings. The average Bonchev–Trinajstić information content (AvgIpc) is 2.46. The van der Waals surface area contributed by atoms with Crippen LogP contribution in [0.2, 0.25) is 0 Å². The summed E-state index contributed by atoms with van der Waals surface area (Å²) in [6, 6.07) is 4.28. The van der Waals surface area contributed by atoms with Gasteiger partial charge in [-0.1, -0.05) is 19.1 Å². The molecule has 2 atom stereocenters. The summed E-state index contributed by atoms with van der Waals surface area (Å²) in [5, 5.41) is 11.5. The number of carbonyl (C=O) groups excluding carboxylic acids is 2. The Hall–Kier alpha value is -2.44. The Morgan fingerprint density at radius 3 is 2.61 bits per heavy atom. The minimum atomic E-state index is -1.24. The first-order chi connectivity index (χ1) is 10.8. The number of carboxylic acid groups (broad SMARTS) is 1. The van der Waals surface area contributed by atoms with Gasteiger partial charge < -0.3 is 15.2 Å². The second-order valence-corrected chi connectivity index (χ2v) is 5.15. The van der Waals surface area contributed by atoms with E-state index in [1.807, 2.05) is 0 Å². The molecular weight excluding hydrogens is 305 g/mol. The zero-order valence-electron chi connectivity index (χ0n) is 13.0. The molecule has 1 aromatic rings. The lowest BCUT2D eigenvalue weighted by molar-refractivity contribution is -0.149. The van der Waals surface area contributed by atoms with Crippen molar-refractivity contribution in [1.82, 2.24) is 5.32 Å². The highest BCUT2D eigenvalue weighted by molar-refractivity contribution is 5.85. The van der Waals surface area contributed by atoms with Gasteiger partial charge in [0.15, 0.2) is 0 Å². The SMILES string of the molecule is CCOC(=O)[C@@H](C)C[C@H](NC(=O)Cc1cccc(F)c1)C(=O)O. The highest BCUT2D eigenvalue weighted by atomic mass is 19.1. The molecule has 1 rings (SSSR count). The van der Waals surface area contributed by atoms with Gasteiger partial charge in [-0.05, 0) is 31.0 Å². The molecule has 1 amide bonds. The lowest BCUT2D eigenvalue weighted by atomic mass is 10.0. The van der Waals surface area contributed by atoms with Gasteiger partial charge in [-0.15, -0.1) is 0 Å². The number of rotatable bonds is 8. The molecule has 0 unspecified atom stereocenters. The Kier molecular flexibility index (Phi) is 7.18. The van der Waals surface area contributed by atoms with E-state index in [0.29, 0.717) is 5.56 Å². The number of carboxylic acids is 1.